The van der Waals surface area contributed by atoms with Crippen molar-refractivity contribution in [1.82, 2.24) is 5.32 Å². The normalized spacial score (nSPS) is 10.4. The third kappa shape index (κ3) is 2.01. The molecule has 0 aliphatic carbocycles. The van der Waals surface area contributed by atoms with Gasteiger partial charge in [0.1, 0.15) is 5.75 Å². The quantitative estimate of drug-likeness (QED) is 0.819. The largest absolute Gasteiger partial charge is 0.507 e. The van der Waals surface area contributed by atoms with Crippen molar-refractivity contribution in [2.24, 2.45) is 0 Å². The molecule has 0 atom stereocenters. The van der Waals surface area contributed by atoms with Gasteiger partial charge in [0.2, 0.25) is 0 Å². The molecule has 0 unspecified atom stereocenters. The molecule has 1 aromatic carbocycles. The fourth-order valence-corrected chi connectivity index (χ4v) is 2.60. The molecule has 0 saturated carbocycles. The first kappa shape index (κ1) is 11.6. The standard InChI is InChI=1S/C12H11NO3S/c1-2-13-12(16)11-5-7-8(6-14)9(15)3-4-10(7)17-11/h3-6,15H,2H2,1H3,(H,13,16). The molecular formula is C12H11NO3S. The number of phenolic OH excluding ortho intramolecular Hbond substituents is 1. The summed E-state index contributed by atoms with van der Waals surface area (Å²) in [5.74, 6) is -0.224. The second kappa shape index (κ2) is 4.55. The van der Waals surface area contributed by atoms with Crippen LogP contribution in [0.4, 0.5) is 0 Å². The zero-order valence-electron chi connectivity index (χ0n) is 9.19. The lowest BCUT2D eigenvalue weighted by Gasteiger charge is -1.97. The monoisotopic (exact) mass is 249 g/mol. The first-order chi connectivity index (χ1) is 8.17. The number of amides is 1. The van der Waals surface area contributed by atoms with Crippen LogP contribution in [0.1, 0.15) is 27.0 Å². The van der Waals surface area contributed by atoms with Gasteiger partial charge < -0.3 is 10.4 Å². The molecule has 0 saturated heterocycles. The Balaban J connectivity index is 2.57. The van der Waals surface area contributed by atoms with Crippen molar-refractivity contribution in [3.63, 3.8) is 0 Å². The topological polar surface area (TPSA) is 66.4 Å². The van der Waals surface area contributed by atoms with Gasteiger partial charge in [0.25, 0.3) is 5.91 Å². The number of phenols is 1. The number of fused-ring (bicyclic) bond motifs is 1. The Morgan fingerprint density at radius 1 is 1.53 bits per heavy atom. The van der Waals surface area contributed by atoms with E-state index >= 15 is 0 Å². The van der Waals surface area contributed by atoms with Crippen LogP contribution in [0.15, 0.2) is 18.2 Å². The van der Waals surface area contributed by atoms with Gasteiger partial charge in [-0.2, -0.15) is 0 Å². The molecule has 0 aliphatic heterocycles. The Bertz CT molecular complexity index is 589. The number of benzene rings is 1. The van der Waals surface area contributed by atoms with Crippen molar-refractivity contribution < 1.29 is 14.7 Å². The maximum Gasteiger partial charge on any atom is 0.261 e. The molecule has 2 rings (SSSR count). The molecule has 2 N–H and O–H groups in total. The smallest absolute Gasteiger partial charge is 0.261 e. The zero-order valence-corrected chi connectivity index (χ0v) is 10.0. The highest BCUT2D eigenvalue weighted by atomic mass is 32.1. The minimum atomic E-state index is -0.162. The number of carbonyl (C=O) groups excluding carboxylic acids is 2. The molecule has 17 heavy (non-hydrogen) atoms. The van der Waals surface area contributed by atoms with Gasteiger partial charge in [-0.15, -0.1) is 11.3 Å². The lowest BCUT2D eigenvalue weighted by molar-refractivity contribution is 0.0959. The SMILES string of the molecule is CCNC(=O)c1cc2c(C=O)c(O)ccc2s1. The molecule has 1 aromatic heterocycles. The van der Waals surface area contributed by atoms with E-state index in [0.29, 0.717) is 23.1 Å². The van der Waals surface area contributed by atoms with Crippen molar-refractivity contribution in [2.45, 2.75) is 6.92 Å². The van der Waals surface area contributed by atoms with E-state index in [0.717, 1.165) is 4.70 Å². The van der Waals surface area contributed by atoms with Crippen molar-refractivity contribution in [2.75, 3.05) is 6.54 Å². The van der Waals surface area contributed by atoms with Crippen molar-refractivity contribution in [3.05, 3.63) is 28.6 Å². The number of rotatable bonds is 3. The number of carbonyl (C=O) groups is 2. The minimum absolute atomic E-state index is 0.0623. The number of nitrogens with one attached hydrogen (secondary N) is 1. The molecule has 0 radical (unpaired) electrons. The summed E-state index contributed by atoms with van der Waals surface area (Å²) in [6.45, 7) is 2.40. The molecule has 2 aromatic rings. The number of thiophene rings is 1. The number of hydrogen-bond donors (Lipinski definition) is 2. The van der Waals surface area contributed by atoms with Gasteiger partial charge >= 0.3 is 0 Å². The fourth-order valence-electron chi connectivity index (χ4n) is 1.61. The Morgan fingerprint density at radius 3 is 2.94 bits per heavy atom. The predicted octanol–water partition coefficient (Wildman–Crippen LogP) is 2.17. The molecule has 0 aliphatic rings. The van der Waals surface area contributed by atoms with Gasteiger partial charge in [-0.25, -0.2) is 0 Å². The molecule has 1 amide bonds. The van der Waals surface area contributed by atoms with Crippen LogP contribution in [0.5, 0.6) is 5.75 Å². The fraction of sp³-hybridized carbons (Fsp3) is 0.167. The average Bonchev–Trinajstić information content (AvgIpc) is 2.73. The lowest BCUT2D eigenvalue weighted by atomic mass is 10.1. The number of aromatic hydroxyl groups is 1. The van der Waals surface area contributed by atoms with Crippen molar-refractivity contribution in [1.29, 1.82) is 0 Å². The highest BCUT2D eigenvalue weighted by molar-refractivity contribution is 7.20. The van der Waals surface area contributed by atoms with Gasteiger partial charge in [-0.05, 0) is 25.1 Å². The van der Waals surface area contributed by atoms with E-state index in [1.54, 1.807) is 12.1 Å². The second-order valence-corrected chi connectivity index (χ2v) is 4.58. The molecule has 1 heterocycles. The highest BCUT2D eigenvalue weighted by Crippen LogP contribution is 2.32. The average molecular weight is 249 g/mol. The zero-order chi connectivity index (χ0) is 12.4. The van der Waals surface area contributed by atoms with Crippen LogP contribution in [-0.4, -0.2) is 23.8 Å². The van der Waals surface area contributed by atoms with Gasteiger partial charge in [-0.3, -0.25) is 9.59 Å². The second-order valence-electron chi connectivity index (χ2n) is 3.50. The van der Waals surface area contributed by atoms with E-state index in [-0.39, 0.29) is 17.2 Å². The van der Waals surface area contributed by atoms with Crippen LogP contribution in [0.25, 0.3) is 10.1 Å². The van der Waals surface area contributed by atoms with E-state index in [1.165, 1.54) is 17.4 Å². The molecule has 5 heteroatoms. The summed E-state index contributed by atoms with van der Waals surface area (Å²) in [7, 11) is 0. The Morgan fingerprint density at radius 2 is 2.29 bits per heavy atom. The van der Waals surface area contributed by atoms with E-state index < -0.39 is 0 Å². The third-order valence-corrected chi connectivity index (χ3v) is 3.50. The molecule has 0 spiro atoms. The first-order valence-electron chi connectivity index (χ1n) is 5.16. The molecule has 0 fully saturated rings. The summed E-state index contributed by atoms with van der Waals surface area (Å²) in [5, 5.41) is 12.8. The summed E-state index contributed by atoms with van der Waals surface area (Å²) in [5.41, 5.74) is 0.231. The van der Waals surface area contributed by atoms with Crippen LogP contribution in [0.2, 0.25) is 0 Å². The molecular weight excluding hydrogens is 238 g/mol. The number of aldehydes is 1. The van der Waals surface area contributed by atoms with Crippen LogP contribution in [-0.2, 0) is 0 Å². The van der Waals surface area contributed by atoms with Gasteiger partial charge in [-0.1, -0.05) is 0 Å². The van der Waals surface area contributed by atoms with E-state index in [1.807, 2.05) is 6.92 Å². The molecule has 88 valence electrons. The van der Waals surface area contributed by atoms with Crippen LogP contribution < -0.4 is 5.32 Å². The summed E-state index contributed by atoms with van der Waals surface area (Å²) in [6, 6.07) is 4.80. The maximum atomic E-state index is 11.6. The Kier molecular flexibility index (Phi) is 3.10. The minimum Gasteiger partial charge on any atom is -0.507 e. The first-order valence-corrected chi connectivity index (χ1v) is 5.98. The van der Waals surface area contributed by atoms with Crippen LogP contribution >= 0.6 is 11.3 Å². The van der Waals surface area contributed by atoms with E-state index in [2.05, 4.69) is 5.32 Å². The molecule has 0 bridgehead atoms. The van der Waals surface area contributed by atoms with Crippen molar-refractivity contribution >= 4 is 33.6 Å². The summed E-state index contributed by atoms with van der Waals surface area (Å²) < 4.78 is 0.811. The van der Waals surface area contributed by atoms with Crippen molar-refractivity contribution in [3.8, 4) is 5.75 Å². The maximum absolute atomic E-state index is 11.6. The van der Waals surface area contributed by atoms with E-state index in [4.69, 9.17) is 0 Å². The predicted molar refractivity (Wildman–Crippen MR) is 66.9 cm³/mol. The Hall–Kier alpha value is -1.88. The highest BCUT2D eigenvalue weighted by Gasteiger charge is 2.13. The molecule has 4 nitrogen and oxygen atoms in total. The van der Waals surface area contributed by atoms with Crippen LogP contribution in [0, 0.1) is 0 Å². The van der Waals surface area contributed by atoms with E-state index in [9.17, 15) is 14.7 Å². The summed E-state index contributed by atoms with van der Waals surface area (Å²) >= 11 is 1.30. The van der Waals surface area contributed by atoms with Gasteiger partial charge in [0, 0.05) is 16.6 Å². The number of hydrogen-bond acceptors (Lipinski definition) is 4. The van der Waals surface area contributed by atoms with Gasteiger partial charge in [0.05, 0.1) is 10.4 Å². The Labute approximate surface area is 102 Å². The van der Waals surface area contributed by atoms with Crippen LogP contribution in [0.3, 0.4) is 0 Å². The lowest BCUT2D eigenvalue weighted by Crippen LogP contribution is -2.21. The van der Waals surface area contributed by atoms with Gasteiger partial charge in [0.15, 0.2) is 6.29 Å². The summed E-state index contributed by atoms with van der Waals surface area (Å²) in [6.07, 6.45) is 0.603. The third-order valence-electron chi connectivity index (χ3n) is 2.40. The summed E-state index contributed by atoms with van der Waals surface area (Å²) in [4.78, 5) is 23.1.